The highest BCUT2D eigenvalue weighted by atomic mass is 32.1. The number of aromatic amines is 2. The van der Waals surface area contributed by atoms with E-state index in [2.05, 4.69) is 53.4 Å². The van der Waals surface area contributed by atoms with Crippen LogP contribution in [0.1, 0.15) is 25.7 Å². The van der Waals surface area contributed by atoms with E-state index in [1.165, 1.54) is 0 Å². The first kappa shape index (κ1) is 21.9. The van der Waals surface area contributed by atoms with Gasteiger partial charge in [0, 0.05) is 34.8 Å². The lowest BCUT2D eigenvalue weighted by Gasteiger charge is -2.11. The second kappa shape index (κ2) is 8.94. The summed E-state index contributed by atoms with van der Waals surface area (Å²) in [5.41, 5.74) is 8.09. The van der Waals surface area contributed by atoms with Crippen molar-refractivity contribution in [3.63, 3.8) is 0 Å². The molecule has 6 aromatic rings. The summed E-state index contributed by atoms with van der Waals surface area (Å²) in [7, 11) is 0. The first-order valence-electron chi connectivity index (χ1n) is 12.3. The van der Waals surface area contributed by atoms with Crippen LogP contribution in [0.2, 0.25) is 0 Å². The molecule has 5 aromatic heterocycles. The van der Waals surface area contributed by atoms with Gasteiger partial charge < -0.3 is 10.3 Å². The van der Waals surface area contributed by atoms with E-state index in [1.54, 1.807) is 23.7 Å². The van der Waals surface area contributed by atoms with E-state index >= 15 is 0 Å². The molecule has 1 saturated carbocycles. The Kier molecular flexibility index (Phi) is 5.28. The summed E-state index contributed by atoms with van der Waals surface area (Å²) < 4.78 is 0. The second-order valence-electron chi connectivity index (χ2n) is 9.45. The van der Waals surface area contributed by atoms with Crippen molar-refractivity contribution >= 4 is 44.9 Å². The maximum Gasteiger partial charge on any atom is 0.227 e. The van der Waals surface area contributed by atoms with E-state index in [0.29, 0.717) is 11.5 Å². The van der Waals surface area contributed by atoms with Crippen molar-refractivity contribution in [2.24, 2.45) is 5.92 Å². The van der Waals surface area contributed by atoms with Crippen LogP contribution in [-0.2, 0) is 4.79 Å². The van der Waals surface area contributed by atoms with Crippen LogP contribution in [0.3, 0.4) is 0 Å². The van der Waals surface area contributed by atoms with E-state index in [4.69, 9.17) is 4.98 Å². The number of nitrogens with zero attached hydrogens (tertiary/aromatic N) is 4. The molecular weight excluding hydrogens is 482 g/mol. The number of pyridine rings is 2. The Morgan fingerprint density at radius 2 is 1.84 bits per heavy atom. The normalized spacial score (nSPS) is 14.1. The van der Waals surface area contributed by atoms with Crippen molar-refractivity contribution in [1.29, 1.82) is 0 Å². The van der Waals surface area contributed by atoms with Gasteiger partial charge >= 0.3 is 0 Å². The van der Waals surface area contributed by atoms with Crippen molar-refractivity contribution < 1.29 is 4.79 Å². The first-order chi connectivity index (χ1) is 18.2. The number of H-pyrrole nitrogens is 2. The van der Waals surface area contributed by atoms with E-state index in [1.807, 2.05) is 30.6 Å². The standard InChI is InChI=1S/C28H23N7OS/c36-28(16-3-1-2-4-16)31-20-9-19(11-29-12-20)17-5-6-23-21(10-17)26(35-34-23)27-32-24-14-30-13-22(25(24)33-27)18-7-8-37-15-18/h5-16H,1-4H2,(H,31,36)(H,32,33)(H,34,35). The Morgan fingerprint density at radius 3 is 2.70 bits per heavy atom. The Morgan fingerprint density at radius 1 is 0.946 bits per heavy atom. The molecule has 0 atom stereocenters. The molecule has 7 rings (SSSR count). The van der Waals surface area contributed by atoms with Crippen molar-refractivity contribution in [2.45, 2.75) is 25.7 Å². The molecule has 9 heteroatoms. The minimum atomic E-state index is 0.0882. The zero-order valence-electron chi connectivity index (χ0n) is 19.9. The Balaban J connectivity index is 1.25. The number of benzene rings is 1. The number of anilines is 1. The van der Waals surface area contributed by atoms with Crippen LogP contribution in [0.15, 0.2) is 65.9 Å². The third-order valence-electron chi connectivity index (χ3n) is 7.08. The topological polar surface area (TPSA) is 112 Å². The van der Waals surface area contributed by atoms with E-state index in [9.17, 15) is 4.79 Å². The molecule has 0 aliphatic heterocycles. The Bertz CT molecular complexity index is 1750. The van der Waals surface area contributed by atoms with E-state index in [-0.39, 0.29) is 11.8 Å². The number of hydrogen-bond donors (Lipinski definition) is 3. The molecule has 0 bridgehead atoms. The van der Waals surface area contributed by atoms with E-state index in [0.717, 1.165) is 75.6 Å². The van der Waals surface area contributed by atoms with Crippen LogP contribution in [-0.4, -0.2) is 36.0 Å². The third-order valence-corrected chi connectivity index (χ3v) is 7.76. The molecule has 1 amide bonds. The predicted molar refractivity (Wildman–Crippen MR) is 146 cm³/mol. The lowest BCUT2D eigenvalue weighted by molar-refractivity contribution is -0.119. The van der Waals surface area contributed by atoms with Crippen LogP contribution in [0.4, 0.5) is 5.69 Å². The van der Waals surface area contributed by atoms with Gasteiger partial charge in [0.15, 0.2) is 5.82 Å². The number of aromatic nitrogens is 6. The molecule has 37 heavy (non-hydrogen) atoms. The van der Waals surface area contributed by atoms with Gasteiger partial charge in [0.1, 0.15) is 11.2 Å². The van der Waals surface area contributed by atoms with Gasteiger partial charge in [0.2, 0.25) is 5.91 Å². The van der Waals surface area contributed by atoms with Crippen molar-refractivity contribution in [3.8, 4) is 33.8 Å². The van der Waals surface area contributed by atoms with Gasteiger partial charge in [-0.25, -0.2) is 4.98 Å². The molecule has 8 nitrogen and oxygen atoms in total. The summed E-state index contributed by atoms with van der Waals surface area (Å²) in [6.07, 6.45) is 11.3. The summed E-state index contributed by atoms with van der Waals surface area (Å²) in [6.45, 7) is 0. The minimum absolute atomic E-state index is 0.0882. The molecule has 1 fully saturated rings. The maximum atomic E-state index is 12.6. The zero-order chi connectivity index (χ0) is 24.8. The van der Waals surface area contributed by atoms with Gasteiger partial charge in [-0.3, -0.25) is 19.9 Å². The number of rotatable bonds is 5. The van der Waals surface area contributed by atoms with Crippen LogP contribution in [0.25, 0.3) is 55.7 Å². The minimum Gasteiger partial charge on any atom is -0.335 e. The van der Waals surface area contributed by atoms with Crippen molar-refractivity contribution in [3.05, 3.63) is 65.9 Å². The average Bonchev–Trinajstić information content (AvgIpc) is 3.74. The summed E-state index contributed by atoms with van der Waals surface area (Å²) in [6, 6.07) is 10.2. The van der Waals surface area contributed by atoms with E-state index < -0.39 is 0 Å². The lowest BCUT2D eigenvalue weighted by atomic mass is 10.0. The molecule has 5 heterocycles. The van der Waals surface area contributed by atoms with Crippen LogP contribution < -0.4 is 5.32 Å². The Hall–Kier alpha value is -4.37. The molecule has 182 valence electrons. The van der Waals surface area contributed by atoms with Crippen LogP contribution in [0, 0.1) is 5.92 Å². The highest BCUT2D eigenvalue weighted by molar-refractivity contribution is 7.08. The molecule has 3 N–H and O–H groups in total. The maximum absolute atomic E-state index is 12.6. The summed E-state index contributed by atoms with van der Waals surface area (Å²) in [5, 5.41) is 15.9. The monoisotopic (exact) mass is 505 g/mol. The number of carbonyl (C=O) groups is 1. The largest absolute Gasteiger partial charge is 0.335 e. The smallest absolute Gasteiger partial charge is 0.227 e. The fraction of sp³-hybridized carbons (Fsp3) is 0.179. The predicted octanol–water partition coefficient (Wildman–Crippen LogP) is 6.42. The number of fused-ring (bicyclic) bond motifs is 2. The number of hydrogen-bond acceptors (Lipinski definition) is 6. The highest BCUT2D eigenvalue weighted by Crippen LogP contribution is 2.34. The zero-order valence-corrected chi connectivity index (χ0v) is 20.7. The average molecular weight is 506 g/mol. The summed E-state index contributed by atoms with van der Waals surface area (Å²) in [4.78, 5) is 29.7. The first-order valence-corrected chi connectivity index (χ1v) is 13.3. The SMILES string of the molecule is O=C(Nc1cncc(-c2ccc3[nH]nc(-c4nc5c(-c6ccsc6)cncc5[nH]4)c3c2)c1)C1CCCC1. The Labute approximate surface area is 216 Å². The van der Waals surface area contributed by atoms with Gasteiger partial charge in [-0.15, -0.1) is 0 Å². The molecule has 0 spiro atoms. The van der Waals surface area contributed by atoms with Crippen LogP contribution >= 0.6 is 11.3 Å². The fourth-order valence-electron chi connectivity index (χ4n) is 5.15. The lowest BCUT2D eigenvalue weighted by Crippen LogP contribution is -2.20. The van der Waals surface area contributed by atoms with Gasteiger partial charge in [0.25, 0.3) is 0 Å². The number of amides is 1. The third kappa shape index (κ3) is 3.97. The molecule has 0 radical (unpaired) electrons. The molecule has 0 unspecified atom stereocenters. The van der Waals surface area contributed by atoms with Crippen LogP contribution in [0.5, 0.6) is 0 Å². The van der Waals surface area contributed by atoms with Crippen molar-refractivity contribution in [2.75, 3.05) is 5.32 Å². The van der Waals surface area contributed by atoms with Gasteiger partial charge in [-0.05, 0) is 59.0 Å². The molecular formula is C28H23N7OS. The summed E-state index contributed by atoms with van der Waals surface area (Å²) in [5.74, 6) is 0.872. The number of carbonyl (C=O) groups excluding carboxylic acids is 1. The molecule has 1 aliphatic carbocycles. The van der Waals surface area contributed by atoms with Gasteiger partial charge in [-0.1, -0.05) is 18.9 Å². The molecule has 0 saturated heterocycles. The van der Waals surface area contributed by atoms with Gasteiger partial charge in [-0.2, -0.15) is 16.4 Å². The summed E-state index contributed by atoms with van der Waals surface area (Å²) >= 11 is 1.65. The number of nitrogens with one attached hydrogen (secondary N) is 3. The highest BCUT2D eigenvalue weighted by Gasteiger charge is 2.23. The number of thiophene rings is 1. The second-order valence-corrected chi connectivity index (χ2v) is 10.2. The van der Waals surface area contributed by atoms with Crippen molar-refractivity contribution in [1.82, 2.24) is 30.1 Å². The quantitative estimate of drug-likeness (QED) is 0.250. The number of imidazole rings is 1. The fourth-order valence-corrected chi connectivity index (χ4v) is 5.80. The molecule has 1 aromatic carbocycles. The molecule has 1 aliphatic rings. The van der Waals surface area contributed by atoms with Gasteiger partial charge in [0.05, 0.1) is 29.1 Å².